The normalized spacial score (nSPS) is 45.7. The molecule has 4 aliphatic carbocycles. The molecule has 4 rings (SSSR count). The Hall–Kier alpha value is -0.660. The summed E-state index contributed by atoms with van der Waals surface area (Å²) < 4.78 is 0. The van der Waals surface area contributed by atoms with Crippen molar-refractivity contribution in [3.63, 3.8) is 0 Å². The number of hydrogen-bond acceptors (Lipinski definition) is 2. The molecule has 8 atom stereocenters. The highest BCUT2D eigenvalue weighted by atomic mass is 16.1. The Balaban J connectivity index is 1.51. The maximum absolute atomic E-state index is 13.2. The van der Waals surface area contributed by atoms with Crippen LogP contribution in [0.3, 0.4) is 0 Å². The standard InChI is InChI=1S/C27H44O2/c1-17(2)7-6-8-18(3)21-9-10-22-20-16-25(29)24-15-19(28)11-13-27(24,5)23(20)12-14-26(21,22)4/h17-18,20-24H,6-16H2,1-5H3/t18-,20+,21-,22+,23+,24-,26-,27-/m1/s1. The summed E-state index contributed by atoms with van der Waals surface area (Å²) in [7, 11) is 0. The molecule has 0 heterocycles. The third-order valence-electron chi connectivity index (χ3n) is 10.5. The van der Waals surface area contributed by atoms with Crippen molar-refractivity contribution in [3.05, 3.63) is 0 Å². The van der Waals surface area contributed by atoms with Crippen LogP contribution in [0, 0.1) is 52.3 Å². The van der Waals surface area contributed by atoms with E-state index in [4.69, 9.17) is 0 Å². The van der Waals surface area contributed by atoms with Gasteiger partial charge in [-0.2, -0.15) is 0 Å². The Bertz CT molecular complexity index is 651. The monoisotopic (exact) mass is 400 g/mol. The third kappa shape index (κ3) is 3.55. The van der Waals surface area contributed by atoms with Gasteiger partial charge in [0.2, 0.25) is 0 Å². The minimum atomic E-state index is 0.0292. The van der Waals surface area contributed by atoms with Crippen LogP contribution in [-0.4, -0.2) is 11.6 Å². The van der Waals surface area contributed by atoms with Crippen molar-refractivity contribution in [1.29, 1.82) is 0 Å². The van der Waals surface area contributed by atoms with E-state index in [1.54, 1.807) is 0 Å². The fraction of sp³-hybridized carbons (Fsp3) is 0.926. The van der Waals surface area contributed by atoms with Crippen LogP contribution in [0.4, 0.5) is 0 Å². The highest BCUT2D eigenvalue weighted by molar-refractivity contribution is 5.90. The Kier molecular flexibility index (Phi) is 5.79. The topological polar surface area (TPSA) is 34.1 Å². The lowest BCUT2D eigenvalue weighted by Gasteiger charge is -2.59. The predicted molar refractivity (Wildman–Crippen MR) is 118 cm³/mol. The fourth-order valence-electron chi connectivity index (χ4n) is 8.86. The molecular formula is C27H44O2. The van der Waals surface area contributed by atoms with Gasteiger partial charge in [-0.3, -0.25) is 9.59 Å². The van der Waals surface area contributed by atoms with E-state index in [2.05, 4.69) is 34.6 Å². The molecule has 0 radical (unpaired) electrons. The van der Waals surface area contributed by atoms with Crippen LogP contribution in [-0.2, 0) is 9.59 Å². The van der Waals surface area contributed by atoms with Crippen molar-refractivity contribution in [2.45, 2.75) is 105 Å². The molecule has 0 unspecified atom stereocenters. The van der Waals surface area contributed by atoms with Gasteiger partial charge >= 0.3 is 0 Å². The lowest BCUT2D eigenvalue weighted by atomic mass is 9.44. The van der Waals surface area contributed by atoms with Crippen LogP contribution in [0.25, 0.3) is 0 Å². The zero-order valence-electron chi connectivity index (χ0n) is 19.6. The molecule has 0 aromatic rings. The van der Waals surface area contributed by atoms with E-state index in [9.17, 15) is 9.59 Å². The van der Waals surface area contributed by atoms with Crippen molar-refractivity contribution in [2.75, 3.05) is 0 Å². The smallest absolute Gasteiger partial charge is 0.137 e. The molecule has 0 amide bonds. The summed E-state index contributed by atoms with van der Waals surface area (Å²) in [6.07, 6.45) is 12.4. The Labute approximate surface area is 179 Å². The number of ketones is 2. The molecule has 0 aliphatic heterocycles. The summed E-state index contributed by atoms with van der Waals surface area (Å²) in [4.78, 5) is 25.3. The van der Waals surface area contributed by atoms with Gasteiger partial charge in [-0.15, -0.1) is 0 Å². The molecule has 4 fully saturated rings. The summed E-state index contributed by atoms with van der Waals surface area (Å²) in [5, 5.41) is 0. The van der Waals surface area contributed by atoms with E-state index in [1.807, 2.05) is 0 Å². The Morgan fingerprint density at radius 3 is 2.34 bits per heavy atom. The zero-order chi connectivity index (χ0) is 21.0. The molecule has 0 spiro atoms. The van der Waals surface area contributed by atoms with Gasteiger partial charge in [0, 0.05) is 25.2 Å². The van der Waals surface area contributed by atoms with E-state index in [1.165, 1.54) is 44.9 Å². The number of hydrogen-bond donors (Lipinski definition) is 0. The second-order valence-electron chi connectivity index (χ2n) is 12.4. The van der Waals surface area contributed by atoms with Crippen LogP contribution < -0.4 is 0 Å². The van der Waals surface area contributed by atoms with Crippen LogP contribution in [0.15, 0.2) is 0 Å². The molecule has 0 aromatic heterocycles. The number of carbonyl (C=O) groups is 2. The summed E-state index contributed by atoms with van der Waals surface area (Å²) in [6.45, 7) is 12.2. The third-order valence-corrected chi connectivity index (χ3v) is 10.5. The molecule has 164 valence electrons. The Morgan fingerprint density at radius 2 is 1.62 bits per heavy atom. The lowest BCUT2D eigenvalue weighted by Crippen LogP contribution is -2.56. The highest BCUT2D eigenvalue weighted by Gasteiger charge is 2.62. The molecule has 0 aromatic carbocycles. The van der Waals surface area contributed by atoms with Gasteiger partial charge in [0.15, 0.2) is 0 Å². The summed E-state index contributed by atoms with van der Waals surface area (Å²) in [5.41, 5.74) is 0.530. The lowest BCUT2D eigenvalue weighted by molar-refractivity contribution is -0.159. The first-order valence-corrected chi connectivity index (χ1v) is 12.7. The van der Waals surface area contributed by atoms with E-state index in [0.717, 1.165) is 36.5 Å². The number of Topliss-reactive ketones (excluding diaryl/α,β-unsaturated/α-hetero) is 2. The average Bonchev–Trinajstić information content (AvgIpc) is 3.00. The van der Waals surface area contributed by atoms with E-state index < -0.39 is 0 Å². The first kappa shape index (κ1) is 21.6. The molecule has 0 saturated heterocycles. The zero-order valence-corrected chi connectivity index (χ0v) is 19.6. The summed E-state index contributed by atoms with van der Waals surface area (Å²) >= 11 is 0. The fourth-order valence-corrected chi connectivity index (χ4v) is 8.86. The molecule has 2 nitrogen and oxygen atoms in total. The molecule has 4 aliphatic rings. The molecule has 2 heteroatoms. The largest absolute Gasteiger partial charge is 0.300 e. The van der Waals surface area contributed by atoms with Gasteiger partial charge in [-0.05, 0) is 78.4 Å². The number of carbonyl (C=O) groups excluding carboxylic acids is 2. The summed E-state index contributed by atoms with van der Waals surface area (Å²) in [6, 6.07) is 0. The first-order valence-electron chi connectivity index (χ1n) is 12.7. The van der Waals surface area contributed by atoms with E-state index in [0.29, 0.717) is 41.7 Å². The van der Waals surface area contributed by atoms with Gasteiger partial charge in [0.1, 0.15) is 11.6 Å². The van der Waals surface area contributed by atoms with Gasteiger partial charge in [0.25, 0.3) is 0 Å². The van der Waals surface area contributed by atoms with Crippen molar-refractivity contribution >= 4 is 11.6 Å². The van der Waals surface area contributed by atoms with Crippen molar-refractivity contribution in [1.82, 2.24) is 0 Å². The molecular weight excluding hydrogens is 356 g/mol. The van der Waals surface area contributed by atoms with Crippen molar-refractivity contribution in [3.8, 4) is 0 Å². The number of rotatable bonds is 5. The SMILES string of the molecule is CC(C)CCC[C@@H](C)[C@H]1CC[C@H]2[C@@H]3CC(=O)[C@H]4CC(=O)CC[C@]4(C)[C@H]3CC[C@]12C. The van der Waals surface area contributed by atoms with Crippen LogP contribution in [0.2, 0.25) is 0 Å². The van der Waals surface area contributed by atoms with Crippen LogP contribution >= 0.6 is 0 Å². The second kappa shape index (κ2) is 7.79. The molecule has 0 N–H and O–H groups in total. The van der Waals surface area contributed by atoms with E-state index >= 15 is 0 Å². The van der Waals surface area contributed by atoms with Crippen molar-refractivity contribution < 1.29 is 9.59 Å². The first-order chi connectivity index (χ1) is 13.7. The van der Waals surface area contributed by atoms with Gasteiger partial charge in [-0.25, -0.2) is 0 Å². The van der Waals surface area contributed by atoms with Crippen molar-refractivity contribution in [2.24, 2.45) is 52.3 Å². The number of fused-ring (bicyclic) bond motifs is 5. The maximum atomic E-state index is 13.2. The minimum Gasteiger partial charge on any atom is -0.300 e. The maximum Gasteiger partial charge on any atom is 0.137 e. The molecule has 29 heavy (non-hydrogen) atoms. The predicted octanol–water partition coefficient (Wildman–Crippen LogP) is 6.86. The minimum absolute atomic E-state index is 0.0292. The average molecular weight is 401 g/mol. The molecule has 4 saturated carbocycles. The van der Waals surface area contributed by atoms with Crippen LogP contribution in [0.1, 0.15) is 105 Å². The highest BCUT2D eigenvalue weighted by Crippen LogP contribution is 2.67. The second-order valence-corrected chi connectivity index (χ2v) is 12.4. The quantitative estimate of drug-likeness (QED) is 0.505. The summed E-state index contributed by atoms with van der Waals surface area (Å²) in [5.74, 6) is 5.25. The van der Waals surface area contributed by atoms with Gasteiger partial charge in [0.05, 0.1) is 0 Å². The van der Waals surface area contributed by atoms with Gasteiger partial charge in [-0.1, -0.05) is 53.9 Å². The van der Waals surface area contributed by atoms with Crippen LogP contribution in [0.5, 0.6) is 0 Å². The Morgan fingerprint density at radius 1 is 0.897 bits per heavy atom. The van der Waals surface area contributed by atoms with E-state index in [-0.39, 0.29) is 11.3 Å². The molecule has 0 bridgehead atoms. The van der Waals surface area contributed by atoms with Gasteiger partial charge < -0.3 is 0 Å².